The van der Waals surface area contributed by atoms with Gasteiger partial charge in [0.15, 0.2) is 5.13 Å². The molecule has 0 saturated carbocycles. The maximum Gasteiger partial charge on any atom is 0.229 e. The van der Waals surface area contributed by atoms with Crippen LogP contribution in [0.5, 0.6) is 0 Å². The lowest BCUT2D eigenvalue weighted by molar-refractivity contribution is -0.120. The number of piperidine rings is 1. The summed E-state index contributed by atoms with van der Waals surface area (Å²) in [6, 6.07) is 0. The Hall–Kier alpha value is -1.20. The molecule has 2 heterocycles. The zero-order chi connectivity index (χ0) is 16.2. The number of nitrogens with one attached hydrogen (secondary N) is 1. The number of allylic oxidation sites excluding steroid dienone is 2. The number of carbonyl (C=O) groups is 1. The third-order valence-electron chi connectivity index (χ3n) is 4.75. The van der Waals surface area contributed by atoms with E-state index in [1.54, 1.807) is 11.3 Å². The van der Waals surface area contributed by atoms with Gasteiger partial charge in [0.1, 0.15) is 0 Å². The molecule has 23 heavy (non-hydrogen) atoms. The van der Waals surface area contributed by atoms with Crippen LogP contribution in [0.2, 0.25) is 0 Å². The zero-order valence-corrected chi connectivity index (χ0v) is 14.9. The van der Waals surface area contributed by atoms with E-state index in [4.69, 9.17) is 0 Å². The number of nitrogens with zero attached hydrogens (tertiary/aromatic N) is 2. The Kier molecular flexibility index (Phi) is 5.49. The van der Waals surface area contributed by atoms with Crippen molar-refractivity contribution in [2.75, 3.05) is 18.4 Å². The van der Waals surface area contributed by atoms with Gasteiger partial charge in [-0.25, -0.2) is 4.98 Å². The van der Waals surface area contributed by atoms with Crippen molar-refractivity contribution >= 4 is 22.4 Å². The van der Waals surface area contributed by atoms with Gasteiger partial charge in [-0.15, -0.1) is 11.3 Å². The summed E-state index contributed by atoms with van der Waals surface area (Å²) in [5.74, 6) is 1.75. The van der Waals surface area contributed by atoms with Gasteiger partial charge in [-0.3, -0.25) is 9.69 Å². The van der Waals surface area contributed by atoms with Crippen molar-refractivity contribution in [2.24, 2.45) is 17.8 Å². The first-order chi connectivity index (χ1) is 11.1. The Balaban J connectivity index is 1.53. The molecule has 3 atom stereocenters. The van der Waals surface area contributed by atoms with Crippen molar-refractivity contribution in [1.82, 2.24) is 9.88 Å². The lowest BCUT2D eigenvalue weighted by Crippen LogP contribution is -2.38. The molecule has 1 saturated heterocycles. The van der Waals surface area contributed by atoms with Crippen LogP contribution in [0.25, 0.3) is 0 Å². The first kappa shape index (κ1) is 16.7. The molecule has 1 aliphatic heterocycles. The summed E-state index contributed by atoms with van der Waals surface area (Å²) in [6.07, 6.45) is 8.40. The summed E-state index contributed by atoms with van der Waals surface area (Å²) >= 11 is 1.54. The van der Waals surface area contributed by atoms with E-state index >= 15 is 0 Å². The second-order valence-corrected chi connectivity index (χ2v) is 8.11. The lowest BCUT2D eigenvalue weighted by Gasteiger charge is -2.34. The number of hydrogen-bond acceptors (Lipinski definition) is 4. The van der Waals surface area contributed by atoms with Crippen LogP contribution in [0.4, 0.5) is 5.13 Å². The first-order valence-electron chi connectivity index (χ1n) is 8.72. The summed E-state index contributed by atoms with van der Waals surface area (Å²) in [7, 11) is 0. The third kappa shape index (κ3) is 4.64. The second kappa shape index (κ2) is 7.58. The molecule has 1 aromatic heterocycles. The van der Waals surface area contributed by atoms with Crippen molar-refractivity contribution in [3.8, 4) is 0 Å². The summed E-state index contributed by atoms with van der Waals surface area (Å²) < 4.78 is 0. The SMILES string of the molecule is CC1CC(C)CN(Cc2csc(NC(=O)C3CC=CCC3)n2)C1. The number of likely N-dealkylation sites (tertiary alicyclic amines) is 1. The second-order valence-electron chi connectivity index (χ2n) is 7.25. The fourth-order valence-corrected chi connectivity index (χ4v) is 4.53. The number of hydrogen-bond donors (Lipinski definition) is 1. The Labute approximate surface area is 143 Å². The molecule has 0 bridgehead atoms. The molecular formula is C18H27N3OS. The average Bonchev–Trinajstić information content (AvgIpc) is 2.94. The fraction of sp³-hybridized carbons (Fsp3) is 0.667. The highest BCUT2D eigenvalue weighted by molar-refractivity contribution is 7.13. The molecule has 1 N–H and O–H groups in total. The molecule has 0 radical (unpaired) electrons. The highest BCUT2D eigenvalue weighted by atomic mass is 32.1. The van der Waals surface area contributed by atoms with Gasteiger partial charge in [0, 0.05) is 30.9 Å². The van der Waals surface area contributed by atoms with Crippen molar-refractivity contribution < 1.29 is 4.79 Å². The van der Waals surface area contributed by atoms with E-state index in [0.29, 0.717) is 0 Å². The minimum Gasteiger partial charge on any atom is -0.302 e. The number of aromatic nitrogens is 1. The Bertz CT molecular complexity index is 558. The van der Waals surface area contributed by atoms with Crippen LogP contribution in [0.3, 0.4) is 0 Å². The van der Waals surface area contributed by atoms with Gasteiger partial charge in [0.25, 0.3) is 0 Å². The maximum atomic E-state index is 12.3. The molecule has 3 unspecified atom stereocenters. The number of amides is 1. The molecule has 4 nitrogen and oxygen atoms in total. The molecule has 1 aromatic rings. The van der Waals surface area contributed by atoms with Gasteiger partial charge >= 0.3 is 0 Å². The number of carbonyl (C=O) groups excluding carboxylic acids is 1. The smallest absolute Gasteiger partial charge is 0.229 e. The van der Waals surface area contributed by atoms with Gasteiger partial charge in [0.2, 0.25) is 5.91 Å². The van der Waals surface area contributed by atoms with Crippen molar-refractivity contribution in [3.63, 3.8) is 0 Å². The number of rotatable bonds is 4. The number of thiazole rings is 1. The summed E-state index contributed by atoms with van der Waals surface area (Å²) in [5, 5.41) is 5.83. The molecule has 1 aliphatic carbocycles. The van der Waals surface area contributed by atoms with Crippen LogP contribution in [0.15, 0.2) is 17.5 Å². The molecule has 1 amide bonds. The molecular weight excluding hydrogens is 306 g/mol. The van der Waals surface area contributed by atoms with Crippen LogP contribution in [0.1, 0.15) is 45.2 Å². The predicted octanol–water partition coefficient (Wildman–Crippen LogP) is 3.92. The molecule has 0 aromatic carbocycles. The number of anilines is 1. The van der Waals surface area contributed by atoms with Crippen LogP contribution in [0, 0.1) is 17.8 Å². The van der Waals surface area contributed by atoms with Crippen molar-refractivity contribution in [2.45, 2.75) is 46.1 Å². The topological polar surface area (TPSA) is 45.2 Å². The maximum absolute atomic E-state index is 12.3. The van der Waals surface area contributed by atoms with Crippen molar-refractivity contribution in [3.05, 3.63) is 23.2 Å². The lowest BCUT2D eigenvalue weighted by atomic mass is 9.92. The van der Waals surface area contributed by atoms with E-state index in [1.165, 1.54) is 6.42 Å². The Morgan fingerprint density at radius 2 is 2.13 bits per heavy atom. The van der Waals surface area contributed by atoms with E-state index in [2.05, 4.69) is 46.6 Å². The van der Waals surface area contributed by atoms with Crippen LogP contribution >= 0.6 is 11.3 Å². The van der Waals surface area contributed by atoms with Gasteiger partial charge in [0.05, 0.1) is 5.69 Å². The fourth-order valence-electron chi connectivity index (χ4n) is 3.83. The third-order valence-corrected chi connectivity index (χ3v) is 5.56. The average molecular weight is 334 g/mol. The molecule has 3 rings (SSSR count). The van der Waals surface area contributed by atoms with E-state index in [1.807, 2.05) is 0 Å². The highest BCUT2D eigenvalue weighted by Gasteiger charge is 2.23. The predicted molar refractivity (Wildman–Crippen MR) is 95.4 cm³/mol. The normalized spacial score (nSPS) is 28.7. The van der Waals surface area contributed by atoms with Gasteiger partial charge < -0.3 is 5.32 Å². The van der Waals surface area contributed by atoms with Crippen LogP contribution in [-0.4, -0.2) is 28.9 Å². The monoisotopic (exact) mass is 333 g/mol. The van der Waals surface area contributed by atoms with E-state index in [-0.39, 0.29) is 11.8 Å². The largest absolute Gasteiger partial charge is 0.302 e. The summed E-state index contributed by atoms with van der Waals surface area (Å²) in [4.78, 5) is 19.4. The van der Waals surface area contributed by atoms with Crippen molar-refractivity contribution in [1.29, 1.82) is 0 Å². The zero-order valence-electron chi connectivity index (χ0n) is 14.1. The highest BCUT2D eigenvalue weighted by Crippen LogP contribution is 2.25. The van der Waals surface area contributed by atoms with Gasteiger partial charge in [-0.1, -0.05) is 26.0 Å². The molecule has 126 valence electrons. The first-order valence-corrected chi connectivity index (χ1v) is 9.60. The van der Waals surface area contributed by atoms with Crippen LogP contribution < -0.4 is 5.32 Å². The summed E-state index contributed by atoms with van der Waals surface area (Å²) in [5.41, 5.74) is 1.08. The molecule has 1 fully saturated rings. The quantitative estimate of drug-likeness (QED) is 0.850. The minimum absolute atomic E-state index is 0.108. The van der Waals surface area contributed by atoms with E-state index in [9.17, 15) is 4.79 Å². The Morgan fingerprint density at radius 1 is 1.35 bits per heavy atom. The van der Waals surface area contributed by atoms with Gasteiger partial charge in [-0.2, -0.15) is 0 Å². The molecule has 2 aliphatic rings. The standard InChI is InChI=1S/C18H27N3OS/c1-13-8-14(2)10-21(9-13)11-16-12-23-18(19-16)20-17(22)15-6-4-3-5-7-15/h3-4,12-15H,5-11H2,1-2H3,(H,19,20,22). The van der Waals surface area contributed by atoms with E-state index in [0.717, 1.165) is 61.6 Å². The minimum atomic E-state index is 0.108. The Morgan fingerprint density at radius 3 is 2.83 bits per heavy atom. The summed E-state index contributed by atoms with van der Waals surface area (Å²) in [6.45, 7) is 7.85. The van der Waals surface area contributed by atoms with E-state index < -0.39 is 0 Å². The van der Waals surface area contributed by atoms with Crippen LogP contribution in [-0.2, 0) is 11.3 Å². The van der Waals surface area contributed by atoms with Gasteiger partial charge in [-0.05, 0) is 37.5 Å². The molecule has 0 spiro atoms. The molecule has 5 heteroatoms.